The van der Waals surface area contributed by atoms with E-state index in [1.54, 1.807) is 0 Å². The molecular weight excluding hydrogens is 587 g/mol. The van der Waals surface area contributed by atoms with Crippen LogP contribution in [0.5, 0.6) is 0 Å². The van der Waals surface area contributed by atoms with Crippen LogP contribution in [-0.4, -0.2) is 24.9 Å². The molecule has 5 aromatic heterocycles. The second kappa shape index (κ2) is 10.5. The molecule has 0 bridgehead atoms. The molecule has 0 aliphatic rings. The van der Waals surface area contributed by atoms with Crippen molar-refractivity contribution < 1.29 is 0 Å². The molecule has 0 aliphatic carbocycles. The van der Waals surface area contributed by atoms with Crippen molar-refractivity contribution in [1.29, 1.82) is 0 Å². The highest BCUT2D eigenvalue weighted by Crippen LogP contribution is 2.36. The van der Waals surface area contributed by atoms with Crippen LogP contribution in [0.2, 0.25) is 0 Å². The van der Waals surface area contributed by atoms with Gasteiger partial charge in [0.2, 0.25) is 0 Å². The van der Waals surface area contributed by atoms with Crippen LogP contribution >= 0.6 is 0 Å². The van der Waals surface area contributed by atoms with E-state index in [0.29, 0.717) is 0 Å². The molecule has 0 radical (unpaired) electrons. The Morgan fingerprint density at radius 1 is 0.333 bits per heavy atom. The Bertz CT molecular complexity index is 2880. The Morgan fingerprint density at radius 2 is 0.917 bits per heavy atom. The Morgan fingerprint density at radius 3 is 1.67 bits per heavy atom. The van der Waals surface area contributed by atoms with Crippen molar-refractivity contribution in [2.24, 2.45) is 0 Å². The molecule has 0 unspecified atom stereocenters. The van der Waals surface area contributed by atoms with Crippen molar-refractivity contribution >= 4 is 65.4 Å². The van der Waals surface area contributed by atoms with E-state index in [4.69, 9.17) is 19.9 Å². The molecule has 0 saturated heterocycles. The molecule has 5 heterocycles. The molecule has 0 atom stereocenters. The zero-order valence-corrected chi connectivity index (χ0v) is 25.7. The molecule has 0 saturated carbocycles. The van der Waals surface area contributed by atoms with Crippen molar-refractivity contribution in [3.63, 3.8) is 0 Å². The standard InChI is InChI=1S/C43H25N5/c1-2-7-26(8-3-1)35-22-20-30-16-17-31-21-23-36(46-41(31)40(30)45-35)27-12-14-29(15-13-27)38-34-25-32-19-18-28-9-6-24-44-39(28)42(32)48-43(34)33-10-4-5-11-37(33)47-38/h1-25H. The maximum absolute atomic E-state index is 5.25. The van der Waals surface area contributed by atoms with E-state index in [1.807, 2.05) is 42.6 Å². The number of rotatable bonds is 3. The van der Waals surface area contributed by atoms with Gasteiger partial charge >= 0.3 is 0 Å². The molecule has 5 heteroatoms. The summed E-state index contributed by atoms with van der Waals surface area (Å²) in [7, 11) is 0. The van der Waals surface area contributed by atoms with Crippen molar-refractivity contribution in [3.8, 4) is 33.8 Å². The largest absolute Gasteiger partial charge is 0.254 e. The van der Waals surface area contributed by atoms with Crippen LogP contribution in [-0.2, 0) is 0 Å². The van der Waals surface area contributed by atoms with Gasteiger partial charge in [-0.1, -0.05) is 115 Å². The predicted molar refractivity (Wildman–Crippen MR) is 197 cm³/mol. The summed E-state index contributed by atoms with van der Waals surface area (Å²) < 4.78 is 0. The van der Waals surface area contributed by atoms with Crippen molar-refractivity contribution in [2.75, 3.05) is 0 Å². The van der Waals surface area contributed by atoms with Gasteiger partial charge in [-0.3, -0.25) is 4.98 Å². The molecule has 222 valence electrons. The smallest absolute Gasteiger partial charge is 0.0972 e. The van der Waals surface area contributed by atoms with Gasteiger partial charge in [0.15, 0.2) is 0 Å². The lowest BCUT2D eigenvalue weighted by molar-refractivity contribution is 1.36. The first-order valence-corrected chi connectivity index (χ1v) is 16.0. The molecule has 5 nitrogen and oxygen atoms in total. The Hall–Kier alpha value is -6.59. The number of hydrogen-bond donors (Lipinski definition) is 0. The van der Waals surface area contributed by atoms with E-state index in [0.717, 1.165) is 99.2 Å². The van der Waals surface area contributed by atoms with Crippen molar-refractivity contribution in [1.82, 2.24) is 24.9 Å². The Labute approximate surface area is 275 Å². The van der Waals surface area contributed by atoms with Gasteiger partial charge in [-0.05, 0) is 30.3 Å². The zero-order chi connectivity index (χ0) is 31.6. The second-order valence-corrected chi connectivity index (χ2v) is 12.1. The summed E-state index contributed by atoms with van der Waals surface area (Å²) in [5.41, 5.74) is 11.3. The van der Waals surface area contributed by atoms with Crippen LogP contribution in [0.4, 0.5) is 0 Å². The first-order chi connectivity index (χ1) is 23.8. The van der Waals surface area contributed by atoms with Gasteiger partial charge in [-0.15, -0.1) is 0 Å². The summed E-state index contributed by atoms with van der Waals surface area (Å²) in [5, 5.41) is 6.30. The van der Waals surface area contributed by atoms with E-state index in [2.05, 4.69) is 114 Å². The van der Waals surface area contributed by atoms with Crippen LogP contribution in [0.1, 0.15) is 0 Å². The average Bonchev–Trinajstić information content (AvgIpc) is 3.17. The first kappa shape index (κ1) is 26.6. The minimum Gasteiger partial charge on any atom is -0.254 e. The van der Waals surface area contributed by atoms with E-state index in [-0.39, 0.29) is 0 Å². The van der Waals surface area contributed by atoms with Gasteiger partial charge in [-0.25, -0.2) is 19.9 Å². The van der Waals surface area contributed by atoms with E-state index in [9.17, 15) is 0 Å². The fourth-order valence-electron chi connectivity index (χ4n) is 6.83. The third-order valence-electron chi connectivity index (χ3n) is 9.25. The van der Waals surface area contributed by atoms with E-state index >= 15 is 0 Å². The topological polar surface area (TPSA) is 64.5 Å². The van der Waals surface area contributed by atoms with Crippen molar-refractivity contribution in [2.45, 2.75) is 0 Å². The lowest BCUT2D eigenvalue weighted by Gasteiger charge is -2.12. The van der Waals surface area contributed by atoms with E-state index in [1.165, 1.54) is 0 Å². The second-order valence-electron chi connectivity index (χ2n) is 12.1. The van der Waals surface area contributed by atoms with Gasteiger partial charge < -0.3 is 0 Å². The summed E-state index contributed by atoms with van der Waals surface area (Å²) in [5.74, 6) is 0. The first-order valence-electron chi connectivity index (χ1n) is 16.0. The fraction of sp³-hybridized carbons (Fsp3) is 0. The highest BCUT2D eigenvalue weighted by atomic mass is 14.8. The molecular formula is C43H25N5. The summed E-state index contributed by atoms with van der Waals surface area (Å²) in [4.78, 5) is 25.3. The quantitative estimate of drug-likeness (QED) is 0.147. The molecule has 0 amide bonds. The number of hydrogen-bond acceptors (Lipinski definition) is 5. The molecule has 10 aromatic rings. The van der Waals surface area contributed by atoms with Crippen LogP contribution in [0.25, 0.3) is 99.2 Å². The number of fused-ring (bicyclic) bond motifs is 9. The number of para-hydroxylation sites is 1. The van der Waals surface area contributed by atoms with Crippen LogP contribution in [0.15, 0.2) is 152 Å². The maximum Gasteiger partial charge on any atom is 0.0972 e. The number of benzene rings is 5. The molecule has 0 aliphatic heterocycles. The van der Waals surface area contributed by atoms with Gasteiger partial charge in [0.25, 0.3) is 0 Å². The van der Waals surface area contributed by atoms with Gasteiger partial charge in [0.05, 0.1) is 50.2 Å². The lowest BCUT2D eigenvalue weighted by atomic mass is 9.99. The minimum atomic E-state index is 0.897. The van der Waals surface area contributed by atoms with Gasteiger partial charge in [0.1, 0.15) is 0 Å². The number of aromatic nitrogens is 5. The van der Waals surface area contributed by atoms with E-state index < -0.39 is 0 Å². The highest BCUT2D eigenvalue weighted by Gasteiger charge is 2.15. The van der Waals surface area contributed by atoms with Gasteiger partial charge in [0, 0.05) is 55.2 Å². The molecule has 5 aromatic carbocycles. The molecule has 48 heavy (non-hydrogen) atoms. The third-order valence-corrected chi connectivity index (χ3v) is 9.25. The number of pyridine rings is 5. The molecule has 0 N–H and O–H groups in total. The normalized spacial score (nSPS) is 11.8. The average molecular weight is 612 g/mol. The van der Waals surface area contributed by atoms with Gasteiger partial charge in [-0.2, -0.15) is 0 Å². The molecule has 0 fully saturated rings. The zero-order valence-electron chi connectivity index (χ0n) is 25.7. The predicted octanol–water partition coefficient (Wildman–Crippen LogP) is 10.6. The fourth-order valence-corrected chi connectivity index (χ4v) is 6.83. The van der Waals surface area contributed by atoms with Crippen LogP contribution in [0.3, 0.4) is 0 Å². The SMILES string of the molecule is c1ccc(-c2ccc3ccc4ccc(-c5ccc(-c6nc7ccccc7c7nc8c(ccc9cccnc98)cc67)cc5)nc4c3n2)cc1. The highest BCUT2D eigenvalue weighted by molar-refractivity contribution is 6.15. The summed E-state index contributed by atoms with van der Waals surface area (Å²) in [6.07, 6.45) is 1.83. The van der Waals surface area contributed by atoms with Crippen molar-refractivity contribution in [3.05, 3.63) is 152 Å². The summed E-state index contributed by atoms with van der Waals surface area (Å²) >= 11 is 0. The lowest BCUT2D eigenvalue weighted by Crippen LogP contribution is -1.94. The maximum atomic E-state index is 5.25. The molecule has 10 rings (SSSR count). The summed E-state index contributed by atoms with van der Waals surface area (Å²) in [6, 6.07) is 50.2. The Kier molecular flexibility index (Phi) is 5.81. The Balaban J connectivity index is 1.11. The summed E-state index contributed by atoms with van der Waals surface area (Å²) in [6.45, 7) is 0. The third kappa shape index (κ3) is 4.22. The van der Waals surface area contributed by atoms with Crippen LogP contribution in [0, 0.1) is 0 Å². The monoisotopic (exact) mass is 611 g/mol. The molecule has 0 spiro atoms. The number of nitrogens with zero attached hydrogens (tertiary/aromatic N) is 5. The van der Waals surface area contributed by atoms with Crippen LogP contribution < -0.4 is 0 Å². The minimum absolute atomic E-state index is 0.897.